The van der Waals surface area contributed by atoms with Gasteiger partial charge in [-0.15, -0.1) is 13.2 Å². The van der Waals surface area contributed by atoms with Crippen molar-refractivity contribution >= 4 is 10.0 Å². The first-order chi connectivity index (χ1) is 13.3. The number of benzene rings is 2. The predicted molar refractivity (Wildman–Crippen MR) is 96.0 cm³/mol. The number of rotatable bonds is 6. The van der Waals surface area contributed by atoms with Crippen molar-refractivity contribution in [2.75, 3.05) is 0 Å². The largest absolute Gasteiger partial charge is 0.573 e. The molecule has 0 amide bonds. The molecule has 3 rings (SSSR count). The van der Waals surface area contributed by atoms with Gasteiger partial charge in [-0.25, -0.2) is 8.42 Å². The smallest absolute Gasteiger partial charge is 0.404 e. The van der Waals surface area contributed by atoms with E-state index < -0.39 is 33.1 Å². The number of para-hydroxylation sites is 1. The molecule has 9 heteroatoms. The zero-order valence-corrected chi connectivity index (χ0v) is 15.1. The fourth-order valence-corrected chi connectivity index (χ4v) is 3.92. The Labute approximate surface area is 159 Å². The van der Waals surface area contributed by atoms with E-state index in [1.165, 1.54) is 18.3 Å². The quantitative estimate of drug-likeness (QED) is 0.668. The van der Waals surface area contributed by atoms with Gasteiger partial charge in [-0.2, -0.15) is 4.72 Å². The number of halogens is 3. The Hall–Kier alpha value is -2.91. The highest BCUT2D eigenvalue weighted by atomic mass is 32.2. The van der Waals surface area contributed by atoms with Crippen molar-refractivity contribution in [3.05, 3.63) is 90.3 Å². The van der Waals surface area contributed by atoms with E-state index in [1.54, 1.807) is 48.5 Å². The molecule has 1 atom stereocenters. The third-order valence-corrected chi connectivity index (χ3v) is 5.22. The van der Waals surface area contributed by atoms with E-state index in [1.807, 2.05) is 0 Å². The number of ether oxygens (including phenoxy) is 1. The Kier molecular flexibility index (Phi) is 5.66. The first-order valence-electron chi connectivity index (χ1n) is 8.09. The van der Waals surface area contributed by atoms with E-state index in [-0.39, 0.29) is 0 Å². The van der Waals surface area contributed by atoms with E-state index in [0.29, 0.717) is 11.3 Å². The summed E-state index contributed by atoms with van der Waals surface area (Å²) in [5, 5.41) is 0. The van der Waals surface area contributed by atoms with Crippen LogP contribution in [0.15, 0.2) is 83.9 Å². The van der Waals surface area contributed by atoms with Crippen LogP contribution in [0.5, 0.6) is 5.75 Å². The maximum atomic E-state index is 12.9. The molecule has 0 spiro atoms. The van der Waals surface area contributed by atoms with Crippen LogP contribution in [0.1, 0.15) is 17.3 Å². The van der Waals surface area contributed by atoms with Crippen LogP contribution in [0.4, 0.5) is 13.2 Å². The number of pyridine rings is 1. The number of hydrogen-bond acceptors (Lipinski definition) is 4. The Morgan fingerprint density at radius 1 is 0.893 bits per heavy atom. The third-order valence-electron chi connectivity index (χ3n) is 3.75. The number of nitrogens with zero attached hydrogens (tertiary/aromatic N) is 1. The van der Waals surface area contributed by atoms with Crippen molar-refractivity contribution in [2.45, 2.75) is 17.3 Å². The molecule has 0 fully saturated rings. The van der Waals surface area contributed by atoms with Crippen LogP contribution < -0.4 is 9.46 Å². The molecular weight excluding hydrogens is 393 g/mol. The summed E-state index contributed by atoms with van der Waals surface area (Å²) in [6.45, 7) is 0. The lowest BCUT2D eigenvalue weighted by atomic mass is 10.0. The van der Waals surface area contributed by atoms with E-state index in [4.69, 9.17) is 0 Å². The summed E-state index contributed by atoms with van der Waals surface area (Å²) in [5.41, 5.74) is 0.977. The summed E-state index contributed by atoms with van der Waals surface area (Å²) < 4.78 is 70.1. The van der Waals surface area contributed by atoms with Gasteiger partial charge in [0.15, 0.2) is 0 Å². The van der Waals surface area contributed by atoms with E-state index in [9.17, 15) is 21.6 Å². The number of sulfonamides is 1. The topological polar surface area (TPSA) is 68.3 Å². The average molecular weight is 408 g/mol. The monoisotopic (exact) mass is 408 g/mol. The molecule has 0 radical (unpaired) electrons. The Bertz CT molecular complexity index is 988. The second kappa shape index (κ2) is 7.99. The Balaban J connectivity index is 2.02. The summed E-state index contributed by atoms with van der Waals surface area (Å²) in [6.07, 6.45) is -3.52. The van der Waals surface area contributed by atoms with Crippen LogP contribution >= 0.6 is 0 Å². The fraction of sp³-hybridized carbons (Fsp3) is 0.105. The highest BCUT2D eigenvalue weighted by molar-refractivity contribution is 7.89. The molecule has 28 heavy (non-hydrogen) atoms. The van der Waals surface area contributed by atoms with Gasteiger partial charge in [0.1, 0.15) is 10.6 Å². The number of aromatic nitrogens is 1. The van der Waals surface area contributed by atoms with Gasteiger partial charge in [0.25, 0.3) is 0 Å². The first kappa shape index (κ1) is 19.8. The molecule has 2 aromatic carbocycles. The lowest BCUT2D eigenvalue weighted by Crippen LogP contribution is -2.31. The molecule has 1 unspecified atom stereocenters. The standard InChI is InChI=1S/C19H15F3N2O3S/c20-19(21,22)27-16-11-4-5-12-17(16)28(25,26)24-18(14-8-2-1-3-9-14)15-10-6-7-13-23-15/h1-13,18,24H. The average Bonchev–Trinajstić information content (AvgIpc) is 2.67. The lowest BCUT2D eigenvalue weighted by molar-refractivity contribution is -0.275. The van der Waals surface area contributed by atoms with Gasteiger partial charge < -0.3 is 4.74 Å². The van der Waals surface area contributed by atoms with E-state index in [0.717, 1.165) is 12.1 Å². The maximum Gasteiger partial charge on any atom is 0.573 e. The van der Waals surface area contributed by atoms with Crippen LogP contribution in [-0.4, -0.2) is 19.8 Å². The predicted octanol–water partition coefficient (Wildman–Crippen LogP) is 4.05. The van der Waals surface area contributed by atoms with Crippen molar-refractivity contribution < 1.29 is 26.3 Å². The molecule has 0 bridgehead atoms. The van der Waals surface area contributed by atoms with Crippen molar-refractivity contribution in [3.63, 3.8) is 0 Å². The molecule has 0 saturated heterocycles. The highest BCUT2D eigenvalue weighted by Gasteiger charge is 2.34. The fourth-order valence-electron chi connectivity index (χ4n) is 2.59. The van der Waals surface area contributed by atoms with Gasteiger partial charge in [-0.05, 0) is 29.8 Å². The van der Waals surface area contributed by atoms with Crippen LogP contribution in [0.3, 0.4) is 0 Å². The van der Waals surface area contributed by atoms with Gasteiger partial charge in [0.05, 0.1) is 11.7 Å². The van der Waals surface area contributed by atoms with Gasteiger partial charge >= 0.3 is 6.36 Å². The van der Waals surface area contributed by atoms with Gasteiger partial charge in [-0.1, -0.05) is 48.5 Å². The molecule has 0 aliphatic heterocycles. The van der Waals surface area contributed by atoms with Crippen molar-refractivity contribution in [1.29, 1.82) is 0 Å². The summed E-state index contributed by atoms with van der Waals surface area (Å²) in [6, 6.07) is 17.2. The number of nitrogens with one attached hydrogen (secondary N) is 1. The third kappa shape index (κ3) is 4.87. The molecule has 5 nitrogen and oxygen atoms in total. The zero-order chi connectivity index (χ0) is 20.2. The number of alkyl halides is 3. The number of hydrogen-bond donors (Lipinski definition) is 1. The minimum Gasteiger partial charge on any atom is -0.404 e. The Morgan fingerprint density at radius 2 is 1.54 bits per heavy atom. The van der Waals surface area contributed by atoms with Crippen LogP contribution in [-0.2, 0) is 10.0 Å². The molecule has 1 aromatic heterocycles. The molecule has 1 heterocycles. The summed E-state index contributed by atoms with van der Waals surface area (Å²) in [5.74, 6) is -0.810. The second-order valence-electron chi connectivity index (χ2n) is 5.71. The minimum atomic E-state index is -5.02. The molecule has 0 aliphatic rings. The van der Waals surface area contributed by atoms with E-state index >= 15 is 0 Å². The van der Waals surface area contributed by atoms with Crippen LogP contribution in [0.25, 0.3) is 0 Å². The van der Waals surface area contributed by atoms with Gasteiger partial charge in [0, 0.05) is 6.20 Å². The maximum absolute atomic E-state index is 12.9. The normalized spacial score (nSPS) is 13.1. The van der Waals surface area contributed by atoms with Crippen molar-refractivity contribution in [2.24, 2.45) is 0 Å². The highest BCUT2D eigenvalue weighted by Crippen LogP contribution is 2.31. The van der Waals surface area contributed by atoms with Crippen LogP contribution in [0.2, 0.25) is 0 Å². The molecule has 0 aliphatic carbocycles. The van der Waals surface area contributed by atoms with E-state index in [2.05, 4.69) is 14.4 Å². The minimum absolute atomic E-state index is 0.395. The summed E-state index contributed by atoms with van der Waals surface area (Å²) in [7, 11) is -4.37. The van der Waals surface area contributed by atoms with Crippen molar-refractivity contribution in [1.82, 2.24) is 9.71 Å². The molecular formula is C19H15F3N2O3S. The molecule has 0 saturated carbocycles. The SMILES string of the molecule is O=S(=O)(NC(c1ccccc1)c1ccccn1)c1ccccc1OC(F)(F)F. The lowest BCUT2D eigenvalue weighted by Gasteiger charge is -2.20. The second-order valence-corrected chi connectivity index (χ2v) is 7.40. The molecule has 1 N–H and O–H groups in total. The zero-order valence-electron chi connectivity index (χ0n) is 14.3. The molecule has 3 aromatic rings. The van der Waals surface area contributed by atoms with Gasteiger partial charge in [0.2, 0.25) is 10.0 Å². The van der Waals surface area contributed by atoms with Gasteiger partial charge in [-0.3, -0.25) is 4.98 Å². The molecule has 146 valence electrons. The summed E-state index contributed by atoms with van der Waals surface area (Å²) >= 11 is 0. The Morgan fingerprint density at radius 3 is 2.18 bits per heavy atom. The van der Waals surface area contributed by atoms with Crippen molar-refractivity contribution in [3.8, 4) is 5.75 Å². The first-order valence-corrected chi connectivity index (χ1v) is 9.57. The summed E-state index contributed by atoms with van der Waals surface area (Å²) in [4.78, 5) is 3.56. The van der Waals surface area contributed by atoms with Crippen LogP contribution in [0, 0.1) is 0 Å².